The summed E-state index contributed by atoms with van der Waals surface area (Å²) in [6.07, 6.45) is -3.27. The van der Waals surface area contributed by atoms with Crippen molar-refractivity contribution < 1.29 is 13.2 Å². The molecule has 1 rings (SSSR count). The highest BCUT2D eigenvalue weighted by Gasteiger charge is 2.32. The fourth-order valence-electron chi connectivity index (χ4n) is 1.13. The lowest BCUT2D eigenvalue weighted by Gasteiger charge is -2.08. The number of rotatable bonds is 2. The molecule has 6 heteroatoms. The van der Waals surface area contributed by atoms with Gasteiger partial charge in [0.1, 0.15) is 5.69 Å². The summed E-state index contributed by atoms with van der Waals surface area (Å²) in [4.78, 5) is 7.03. The summed E-state index contributed by atoms with van der Waals surface area (Å²) in [6, 6.07) is 3.96. The van der Waals surface area contributed by atoms with Crippen molar-refractivity contribution in [3.8, 4) is 6.07 Å². The number of pyridine rings is 1. The molecule has 0 aliphatic rings. The lowest BCUT2D eigenvalue weighted by molar-refractivity contribution is -0.141. The average Bonchev–Trinajstić information content (AvgIpc) is 2.19. The van der Waals surface area contributed by atoms with Crippen molar-refractivity contribution in [2.75, 3.05) is 7.05 Å². The molecule has 0 saturated heterocycles. The number of nitriles is 1. The van der Waals surface area contributed by atoms with Gasteiger partial charge < -0.3 is 0 Å². The minimum Gasteiger partial charge on any atom is -0.294 e. The van der Waals surface area contributed by atoms with Gasteiger partial charge in [0, 0.05) is 13.3 Å². The molecule has 0 unspecified atom stereocenters. The monoisotopic (exact) mass is 227 g/mol. The topological polar surface area (TPSA) is 49.0 Å². The molecule has 3 nitrogen and oxygen atoms in total. The highest BCUT2D eigenvalue weighted by molar-refractivity contribution is 5.79. The van der Waals surface area contributed by atoms with Crippen LogP contribution in [-0.4, -0.2) is 18.2 Å². The van der Waals surface area contributed by atoms with Gasteiger partial charge in [0.2, 0.25) is 0 Å². The Morgan fingerprint density at radius 2 is 2.19 bits per heavy atom. The maximum absolute atomic E-state index is 12.4. The first-order valence-electron chi connectivity index (χ1n) is 4.35. The fraction of sp³-hybridized carbons (Fsp3) is 0.300. The van der Waals surface area contributed by atoms with Crippen LogP contribution < -0.4 is 0 Å². The van der Waals surface area contributed by atoms with Crippen LogP contribution in [0.25, 0.3) is 0 Å². The molecule has 0 aromatic carbocycles. The summed E-state index contributed by atoms with van der Waals surface area (Å²) >= 11 is 0. The molecule has 1 aromatic heterocycles. The zero-order valence-electron chi connectivity index (χ0n) is 8.41. The van der Waals surface area contributed by atoms with Crippen LogP contribution in [0, 0.1) is 11.3 Å². The van der Waals surface area contributed by atoms with Gasteiger partial charge >= 0.3 is 6.18 Å². The Labute approximate surface area is 90.3 Å². The van der Waals surface area contributed by atoms with Gasteiger partial charge in [-0.1, -0.05) is 6.07 Å². The Balaban J connectivity index is 3.23. The van der Waals surface area contributed by atoms with Crippen molar-refractivity contribution >= 4 is 6.21 Å². The summed E-state index contributed by atoms with van der Waals surface area (Å²) in [7, 11) is 1.43. The van der Waals surface area contributed by atoms with Crippen LogP contribution in [0.1, 0.15) is 17.0 Å². The lowest BCUT2D eigenvalue weighted by atomic mass is 10.1. The molecule has 0 aliphatic carbocycles. The summed E-state index contributed by atoms with van der Waals surface area (Å²) in [5, 5.41) is 8.50. The van der Waals surface area contributed by atoms with Gasteiger partial charge in [0.15, 0.2) is 0 Å². The predicted octanol–water partition coefficient (Wildman–Crippen LogP) is 2.22. The van der Waals surface area contributed by atoms with E-state index in [9.17, 15) is 13.2 Å². The standard InChI is InChI=1S/C10H8F3N3/c1-15-6-8-7(4-5-14)2-3-9(16-8)10(11,12)13/h2-3,6H,4H2,1H3. The highest BCUT2D eigenvalue weighted by atomic mass is 19.4. The molecule has 1 heterocycles. The number of alkyl halides is 3. The van der Waals surface area contributed by atoms with E-state index in [-0.39, 0.29) is 12.1 Å². The lowest BCUT2D eigenvalue weighted by Crippen LogP contribution is -2.10. The normalized spacial score (nSPS) is 11.7. The minimum absolute atomic E-state index is 0.00644. The highest BCUT2D eigenvalue weighted by Crippen LogP contribution is 2.28. The Hall–Kier alpha value is -1.90. The van der Waals surface area contributed by atoms with Gasteiger partial charge in [0.05, 0.1) is 18.2 Å². The van der Waals surface area contributed by atoms with Gasteiger partial charge in [0.25, 0.3) is 0 Å². The number of hydrogen-bond donors (Lipinski definition) is 0. The Morgan fingerprint density at radius 1 is 1.50 bits per heavy atom. The molecule has 0 atom stereocenters. The summed E-state index contributed by atoms with van der Waals surface area (Å²) in [5.41, 5.74) is -0.468. The maximum atomic E-state index is 12.4. The second-order valence-corrected chi connectivity index (χ2v) is 2.96. The van der Waals surface area contributed by atoms with E-state index in [2.05, 4.69) is 9.98 Å². The number of halogens is 3. The van der Waals surface area contributed by atoms with E-state index >= 15 is 0 Å². The molecule has 84 valence electrons. The van der Waals surface area contributed by atoms with Crippen LogP contribution in [0.5, 0.6) is 0 Å². The third-order valence-corrected chi connectivity index (χ3v) is 1.82. The van der Waals surface area contributed by atoms with E-state index in [0.717, 1.165) is 6.07 Å². The zero-order chi connectivity index (χ0) is 12.2. The van der Waals surface area contributed by atoms with Crippen molar-refractivity contribution in [3.63, 3.8) is 0 Å². The van der Waals surface area contributed by atoms with E-state index in [1.807, 2.05) is 6.07 Å². The predicted molar refractivity (Wildman–Crippen MR) is 52.1 cm³/mol. The summed E-state index contributed by atoms with van der Waals surface area (Å²) < 4.78 is 37.1. The van der Waals surface area contributed by atoms with Crippen LogP contribution in [-0.2, 0) is 12.6 Å². The van der Waals surface area contributed by atoms with E-state index in [4.69, 9.17) is 5.26 Å². The number of nitrogens with zero attached hydrogens (tertiary/aromatic N) is 3. The van der Waals surface area contributed by atoms with Crippen LogP contribution in [0.4, 0.5) is 13.2 Å². The Bertz CT molecular complexity index is 444. The molecule has 0 N–H and O–H groups in total. The third kappa shape index (κ3) is 2.79. The van der Waals surface area contributed by atoms with Crippen LogP contribution in [0.3, 0.4) is 0 Å². The summed E-state index contributed by atoms with van der Waals surface area (Å²) in [5.74, 6) is 0. The molecule has 0 fully saturated rings. The van der Waals surface area contributed by atoms with E-state index in [1.165, 1.54) is 19.3 Å². The molecule has 0 radical (unpaired) electrons. The smallest absolute Gasteiger partial charge is 0.294 e. The molecule has 0 amide bonds. The zero-order valence-corrected chi connectivity index (χ0v) is 8.41. The molecule has 16 heavy (non-hydrogen) atoms. The SMILES string of the molecule is CN=Cc1nc(C(F)(F)F)ccc1CC#N. The van der Waals surface area contributed by atoms with Crippen molar-refractivity contribution in [2.24, 2.45) is 4.99 Å². The first-order valence-corrected chi connectivity index (χ1v) is 4.35. The van der Waals surface area contributed by atoms with Gasteiger partial charge in [-0.05, 0) is 11.6 Å². The molecule has 1 aromatic rings. The van der Waals surface area contributed by atoms with Gasteiger partial charge in [-0.25, -0.2) is 4.98 Å². The second-order valence-electron chi connectivity index (χ2n) is 2.96. The Kier molecular flexibility index (Phi) is 3.61. The third-order valence-electron chi connectivity index (χ3n) is 1.82. The van der Waals surface area contributed by atoms with Crippen molar-refractivity contribution in [2.45, 2.75) is 12.6 Å². The van der Waals surface area contributed by atoms with Gasteiger partial charge in [-0.2, -0.15) is 18.4 Å². The quantitative estimate of drug-likeness (QED) is 0.727. The molecular weight excluding hydrogens is 219 g/mol. The van der Waals surface area contributed by atoms with Crippen molar-refractivity contribution in [3.05, 3.63) is 29.1 Å². The fourth-order valence-corrected chi connectivity index (χ4v) is 1.13. The average molecular weight is 227 g/mol. The molecule has 0 bridgehead atoms. The first kappa shape index (κ1) is 12.2. The molecule has 0 aliphatic heterocycles. The maximum Gasteiger partial charge on any atom is 0.433 e. The Morgan fingerprint density at radius 3 is 2.69 bits per heavy atom. The number of aliphatic imine (C=N–C) groups is 1. The second kappa shape index (κ2) is 4.75. The molecule has 0 saturated carbocycles. The number of aromatic nitrogens is 1. The van der Waals surface area contributed by atoms with Crippen LogP contribution >= 0.6 is 0 Å². The van der Waals surface area contributed by atoms with E-state index in [1.54, 1.807) is 0 Å². The summed E-state index contributed by atoms with van der Waals surface area (Å²) in [6.45, 7) is 0. The largest absolute Gasteiger partial charge is 0.433 e. The van der Waals surface area contributed by atoms with Crippen molar-refractivity contribution in [1.29, 1.82) is 5.26 Å². The van der Waals surface area contributed by atoms with Gasteiger partial charge in [-0.3, -0.25) is 4.99 Å². The van der Waals surface area contributed by atoms with Crippen LogP contribution in [0.2, 0.25) is 0 Å². The first-order chi connectivity index (χ1) is 7.49. The molecule has 0 spiro atoms. The molecular formula is C10H8F3N3. The number of hydrogen-bond acceptors (Lipinski definition) is 3. The van der Waals surface area contributed by atoms with Crippen molar-refractivity contribution in [1.82, 2.24) is 4.98 Å². The van der Waals surface area contributed by atoms with Crippen LogP contribution in [0.15, 0.2) is 17.1 Å². The minimum atomic E-state index is -4.48. The van der Waals surface area contributed by atoms with Gasteiger partial charge in [-0.15, -0.1) is 0 Å². The van der Waals surface area contributed by atoms with E-state index in [0.29, 0.717) is 5.56 Å². The van der Waals surface area contributed by atoms with E-state index < -0.39 is 11.9 Å².